The van der Waals surface area contributed by atoms with Gasteiger partial charge in [-0.3, -0.25) is 0 Å². The van der Waals surface area contributed by atoms with Crippen molar-refractivity contribution < 1.29 is 0 Å². The standard InChI is InChI=1S/C14H30N2/c1-4-6-13-7-10-16(11-8-13)12-14(3,15)9-5-2/h13H,4-12,15H2,1-3H3. The molecule has 1 rings (SSSR count). The van der Waals surface area contributed by atoms with Crippen molar-refractivity contribution in [3.05, 3.63) is 0 Å². The first kappa shape index (κ1) is 14.0. The Morgan fingerprint density at radius 3 is 2.31 bits per heavy atom. The maximum Gasteiger partial charge on any atom is 0.0254 e. The largest absolute Gasteiger partial charge is 0.324 e. The predicted octanol–water partition coefficient (Wildman–Crippen LogP) is 3.02. The molecule has 0 aromatic heterocycles. The Hall–Kier alpha value is -0.0800. The molecule has 2 nitrogen and oxygen atoms in total. The third-order valence-electron chi connectivity index (χ3n) is 3.81. The Kier molecular flexibility index (Phi) is 5.77. The van der Waals surface area contributed by atoms with E-state index in [0.29, 0.717) is 0 Å². The number of hydrogen-bond acceptors (Lipinski definition) is 2. The monoisotopic (exact) mass is 226 g/mol. The zero-order valence-corrected chi connectivity index (χ0v) is 11.5. The van der Waals surface area contributed by atoms with E-state index in [4.69, 9.17) is 5.73 Å². The van der Waals surface area contributed by atoms with Crippen LogP contribution in [0.4, 0.5) is 0 Å². The van der Waals surface area contributed by atoms with E-state index in [9.17, 15) is 0 Å². The van der Waals surface area contributed by atoms with Gasteiger partial charge in [0.1, 0.15) is 0 Å². The molecule has 1 aliphatic rings. The number of nitrogens with zero attached hydrogens (tertiary/aromatic N) is 1. The Labute approximate surface area is 102 Å². The first-order valence-electron chi connectivity index (χ1n) is 7.08. The van der Waals surface area contributed by atoms with Crippen molar-refractivity contribution in [1.82, 2.24) is 4.90 Å². The summed E-state index contributed by atoms with van der Waals surface area (Å²) in [7, 11) is 0. The summed E-state index contributed by atoms with van der Waals surface area (Å²) in [6.45, 7) is 10.3. The summed E-state index contributed by atoms with van der Waals surface area (Å²) in [5, 5.41) is 0. The molecule has 1 aliphatic heterocycles. The van der Waals surface area contributed by atoms with E-state index < -0.39 is 0 Å². The maximum absolute atomic E-state index is 6.31. The highest BCUT2D eigenvalue weighted by Gasteiger charge is 2.24. The minimum Gasteiger partial charge on any atom is -0.324 e. The van der Waals surface area contributed by atoms with E-state index >= 15 is 0 Å². The average molecular weight is 226 g/mol. The van der Waals surface area contributed by atoms with Crippen molar-refractivity contribution >= 4 is 0 Å². The molecule has 0 aromatic carbocycles. The van der Waals surface area contributed by atoms with Gasteiger partial charge in [-0.1, -0.05) is 33.1 Å². The minimum absolute atomic E-state index is 0.0202. The van der Waals surface area contributed by atoms with Crippen LogP contribution in [0.3, 0.4) is 0 Å². The fourth-order valence-electron chi connectivity index (χ4n) is 3.00. The van der Waals surface area contributed by atoms with Crippen molar-refractivity contribution in [3.63, 3.8) is 0 Å². The van der Waals surface area contributed by atoms with Crippen molar-refractivity contribution in [2.75, 3.05) is 19.6 Å². The molecular weight excluding hydrogens is 196 g/mol. The topological polar surface area (TPSA) is 29.3 Å². The van der Waals surface area contributed by atoms with Crippen LogP contribution in [0.1, 0.15) is 59.3 Å². The molecule has 2 heteroatoms. The molecule has 2 N–H and O–H groups in total. The molecular formula is C14H30N2. The Morgan fingerprint density at radius 1 is 1.19 bits per heavy atom. The third-order valence-corrected chi connectivity index (χ3v) is 3.81. The molecule has 0 spiro atoms. The lowest BCUT2D eigenvalue weighted by Gasteiger charge is -2.37. The van der Waals surface area contributed by atoms with Crippen LogP contribution in [0, 0.1) is 5.92 Å². The van der Waals surface area contributed by atoms with Gasteiger partial charge in [-0.2, -0.15) is 0 Å². The van der Waals surface area contributed by atoms with Gasteiger partial charge in [0.2, 0.25) is 0 Å². The highest BCUT2D eigenvalue weighted by atomic mass is 15.1. The van der Waals surface area contributed by atoms with E-state index in [1.807, 2.05) is 0 Å². The zero-order chi connectivity index (χ0) is 12.0. The highest BCUT2D eigenvalue weighted by molar-refractivity contribution is 4.84. The molecule has 0 amide bonds. The molecule has 0 aliphatic carbocycles. The summed E-state index contributed by atoms with van der Waals surface area (Å²) in [6, 6.07) is 0. The summed E-state index contributed by atoms with van der Waals surface area (Å²) in [5.74, 6) is 0.983. The lowest BCUT2D eigenvalue weighted by molar-refractivity contribution is 0.145. The van der Waals surface area contributed by atoms with Gasteiger partial charge in [-0.05, 0) is 45.2 Å². The van der Waals surface area contributed by atoms with Gasteiger partial charge in [-0.25, -0.2) is 0 Å². The first-order valence-corrected chi connectivity index (χ1v) is 7.08. The van der Waals surface area contributed by atoms with Gasteiger partial charge in [-0.15, -0.1) is 0 Å². The zero-order valence-electron chi connectivity index (χ0n) is 11.5. The molecule has 1 atom stereocenters. The van der Waals surface area contributed by atoms with Crippen molar-refractivity contribution in [2.24, 2.45) is 11.7 Å². The molecule has 96 valence electrons. The number of likely N-dealkylation sites (tertiary alicyclic amines) is 1. The van der Waals surface area contributed by atoms with Gasteiger partial charge in [0, 0.05) is 12.1 Å². The molecule has 0 bridgehead atoms. The second-order valence-corrected chi connectivity index (χ2v) is 5.91. The lowest BCUT2D eigenvalue weighted by atomic mass is 9.90. The predicted molar refractivity (Wildman–Crippen MR) is 71.6 cm³/mol. The molecule has 0 saturated carbocycles. The van der Waals surface area contributed by atoms with Crippen LogP contribution < -0.4 is 5.73 Å². The van der Waals surface area contributed by atoms with E-state index in [0.717, 1.165) is 18.9 Å². The number of piperidine rings is 1. The van der Waals surface area contributed by atoms with E-state index in [-0.39, 0.29) is 5.54 Å². The maximum atomic E-state index is 6.31. The minimum atomic E-state index is 0.0202. The summed E-state index contributed by atoms with van der Waals surface area (Å²) in [4.78, 5) is 2.57. The summed E-state index contributed by atoms with van der Waals surface area (Å²) < 4.78 is 0. The second kappa shape index (κ2) is 6.61. The fraction of sp³-hybridized carbons (Fsp3) is 1.00. The number of nitrogens with two attached hydrogens (primary N) is 1. The Balaban J connectivity index is 2.26. The van der Waals surface area contributed by atoms with Gasteiger partial charge in [0.05, 0.1) is 0 Å². The molecule has 1 saturated heterocycles. The molecule has 1 unspecified atom stereocenters. The van der Waals surface area contributed by atoms with Gasteiger partial charge in [0.25, 0.3) is 0 Å². The van der Waals surface area contributed by atoms with E-state index in [1.165, 1.54) is 45.2 Å². The lowest BCUT2D eigenvalue weighted by Crippen LogP contribution is -2.49. The van der Waals surface area contributed by atoms with Gasteiger partial charge in [0.15, 0.2) is 0 Å². The number of hydrogen-bond donors (Lipinski definition) is 1. The fourth-order valence-corrected chi connectivity index (χ4v) is 3.00. The molecule has 0 radical (unpaired) electrons. The quantitative estimate of drug-likeness (QED) is 0.754. The second-order valence-electron chi connectivity index (χ2n) is 5.91. The molecule has 0 aromatic rings. The normalized spacial score (nSPS) is 23.2. The van der Waals surface area contributed by atoms with Crippen LogP contribution in [0.15, 0.2) is 0 Å². The molecule has 1 heterocycles. The molecule has 1 fully saturated rings. The third kappa shape index (κ3) is 4.84. The summed E-state index contributed by atoms with van der Waals surface area (Å²) in [6.07, 6.45) is 7.87. The first-order chi connectivity index (χ1) is 7.57. The smallest absolute Gasteiger partial charge is 0.0254 e. The Morgan fingerprint density at radius 2 is 1.81 bits per heavy atom. The Bertz CT molecular complexity index is 181. The van der Waals surface area contributed by atoms with Crippen LogP contribution in [0.2, 0.25) is 0 Å². The van der Waals surface area contributed by atoms with Gasteiger partial charge < -0.3 is 10.6 Å². The summed E-state index contributed by atoms with van der Waals surface area (Å²) in [5.41, 5.74) is 6.33. The average Bonchev–Trinajstić information content (AvgIpc) is 2.21. The van der Waals surface area contributed by atoms with Crippen LogP contribution in [-0.4, -0.2) is 30.1 Å². The van der Waals surface area contributed by atoms with Crippen LogP contribution in [-0.2, 0) is 0 Å². The van der Waals surface area contributed by atoms with Crippen LogP contribution >= 0.6 is 0 Å². The van der Waals surface area contributed by atoms with Crippen LogP contribution in [0.5, 0.6) is 0 Å². The van der Waals surface area contributed by atoms with E-state index in [1.54, 1.807) is 0 Å². The van der Waals surface area contributed by atoms with Gasteiger partial charge >= 0.3 is 0 Å². The van der Waals surface area contributed by atoms with E-state index in [2.05, 4.69) is 25.7 Å². The number of rotatable bonds is 6. The van der Waals surface area contributed by atoms with Crippen LogP contribution in [0.25, 0.3) is 0 Å². The highest BCUT2D eigenvalue weighted by Crippen LogP contribution is 2.23. The summed E-state index contributed by atoms with van der Waals surface area (Å²) >= 11 is 0. The van der Waals surface area contributed by atoms with Crippen molar-refractivity contribution in [3.8, 4) is 0 Å². The van der Waals surface area contributed by atoms with Crippen molar-refractivity contribution in [1.29, 1.82) is 0 Å². The SMILES string of the molecule is CCCC1CCN(CC(C)(N)CCC)CC1. The molecule has 16 heavy (non-hydrogen) atoms. The van der Waals surface area contributed by atoms with Crippen molar-refractivity contribution in [2.45, 2.75) is 64.8 Å².